The Kier molecular flexibility index (Phi) is 2.47. The zero-order chi connectivity index (χ0) is 13.5. The first-order chi connectivity index (χ1) is 9.12. The van der Waals surface area contributed by atoms with Crippen LogP contribution in [0.2, 0.25) is 0 Å². The second-order valence-corrected chi connectivity index (χ2v) is 5.06. The molecule has 0 fully saturated rings. The predicted octanol–water partition coefficient (Wildman–Crippen LogP) is 5.13. The van der Waals surface area contributed by atoms with Crippen LogP contribution in [0.4, 0.5) is 0 Å². The molecule has 0 atom stereocenters. The van der Waals surface area contributed by atoms with Gasteiger partial charge in [-0.2, -0.15) is 0 Å². The second kappa shape index (κ2) is 4.04. The highest BCUT2D eigenvalue weighted by Crippen LogP contribution is 2.33. The number of hydrogen-bond donors (Lipinski definition) is 0. The van der Waals surface area contributed by atoms with Crippen LogP contribution in [0.3, 0.4) is 0 Å². The largest absolute Gasteiger partial charge is 0.456 e. The highest BCUT2D eigenvalue weighted by atomic mass is 16.3. The molecule has 94 valence electrons. The fourth-order valence-electron chi connectivity index (χ4n) is 2.28. The summed E-state index contributed by atoms with van der Waals surface area (Å²) < 4.78 is 5.78. The number of nitrogens with zero attached hydrogens (tertiary/aromatic N) is 3. The Bertz CT molecular complexity index is 810. The first-order valence-corrected chi connectivity index (χ1v) is 6.10. The first kappa shape index (κ1) is 11.6. The standard InChI is InChI=1S/C15H13N3O/c1-15(2,17-18-16)10-7-8-14-12(9-10)11-5-3-4-6-13(11)19-14/h3-9H,1-2H3. The van der Waals surface area contributed by atoms with Crippen LogP contribution in [-0.4, -0.2) is 0 Å². The van der Waals surface area contributed by atoms with E-state index in [9.17, 15) is 0 Å². The molecule has 19 heavy (non-hydrogen) atoms. The molecule has 0 aliphatic heterocycles. The van der Waals surface area contributed by atoms with E-state index in [1.54, 1.807) is 0 Å². The summed E-state index contributed by atoms with van der Waals surface area (Å²) in [4.78, 5) is 2.92. The van der Waals surface area contributed by atoms with Crippen molar-refractivity contribution < 1.29 is 4.42 Å². The second-order valence-electron chi connectivity index (χ2n) is 5.06. The minimum Gasteiger partial charge on any atom is -0.456 e. The quantitative estimate of drug-likeness (QED) is 0.353. The molecule has 4 nitrogen and oxygen atoms in total. The van der Waals surface area contributed by atoms with Gasteiger partial charge in [0.05, 0.1) is 5.54 Å². The van der Waals surface area contributed by atoms with Crippen LogP contribution in [0.5, 0.6) is 0 Å². The van der Waals surface area contributed by atoms with Gasteiger partial charge in [0.25, 0.3) is 0 Å². The van der Waals surface area contributed by atoms with Crippen LogP contribution in [0.1, 0.15) is 19.4 Å². The van der Waals surface area contributed by atoms with Crippen molar-refractivity contribution in [3.05, 3.63) is 58.5 Å². The average molecular weight is 251 g/mol. The number of fused-ring (bicyclic) bond motifs is 3. The molecule has 0 radical (unpaired) electrons. The molecule has 0 aliphatic rings. The highest BCUT2D eigenvalue weighted by Gasteiger charge is 2.20. The summed E-state index contributed by atoms with van der Waals surface area (Å²) in [5.41, 5.74) is 10.8. The predicted molar refractivity (Wildman–Crippen MR) is 75.9 cm³/mol. The van der Waals surface area contributed by atoms with E-state index in [1.165, 1.54) is 0 Å². The minimum absolute atomic E-state index is 0.568. The van der Waals surface area contributed by atoms with Crippen molar-refractivity contribution in [1.29, 1.82) is 0 Å². The van der Waals surface area contributed by atoms with Gasteiger partial charge in [-0.15, -0.1) is 0 Å². The van der Waals surface area contributed by atoms with Crippen molar-refractivity contribution in [2.75, 3.05) is 0 Å². The van der Waals surface area contributed by atoms with E-state index in [2.05, 4.69) is 10.0 Å². The van der Waals surface area contributed by atoms with Gasteiger partial charge in [-0.1, -0.05) is 43.2 Å². The Labute approximate surface area is 110 Å². The molecule has 3 rings (SSSR count). The maximum absolute atomic E-state index is 8.65. The van der Waals surface area contributed by atoms with Crippen LogP contribution in [0, 0.1) is 0 Å². The summed E-state index contributed by atoms with van der Waals surface area (Å²) in [5, 5.41) is 5.98. The monoisotopic (exact) mass is 251 g/mol. The fourth-order valence-corrected chi connectivity index (χ4v) is 2.28. The molecule has 3 aromatic rings. The molecule has 1 aromatic heterocycles. The van der Waals surface area contributed by atoms with Crippen LogP contribution in [-0.2, 0) is 5.54 Å². The average Bonchev–Trinajstić information content (AvgIpc) is 2.76. The summed E-state index contributed by atoms with van der Waals surface area (Å²) in [6, 6.07) is 13.8. The fraction of sp³-hybridized carbons (Fsp3) is 0.200. The maximum atomic E-state index is 8.65. The number of hydrogen-bond acceptors (Lipinski definition) is 2. The minimum atomic E-state index is -0.568. The topological polar surface area (TPSA) is 61.9 Å². The van der Waals surface area contributed by atoms with Gasteiger partial charge >= 0.3 is 0 Å². The summed E-state index contributed by atoms with van der Waals surface area (Å²) in [6.07, 6.45) is 0. The number of furan rings is 1. The molecule has 0 N–H and O–H groups in total. The number of azide groups is 1. The molecule has 2 aromatic carbocycles. The molecule has 0 aliphatic carbocycles. The zero-order valence-electron chi connectivity index (χ0n) is 10.8. The van der Waals surface area contributed by atoms with Crippen molar-refractivity contribution >= 4 is 21.9 Å². The number of rotatable bonds is 2. The lowest BCUT2D eigenvalue weighted by atomic mass is 9.94. The lowest BCUT2D eigenvalue weighted by molar-refractivity contribution is 0.551. The molecule has 4 heteroatoms. The normalized spacial score (nSPS) is 11.7. The van der Waals surface area contributed by atoms with Gasteiger partial charge < -0.3 is 4.42 Å². The molecule has 0 saturated heterocycles. The summed E-state index contributed by atoms with van der Waals surface area (Å²) in [7, 11) is 0. The molecule has 0 amide bonds. The van der Waals surface area contributed by atoms with E-state index in [4.69, 9.17) is 9.95 Å². The smallest absolute Gasteiger partial charge is 0.135 e. The molecule has 1 heterocycles. The third-order valence-corrected chi connectivity index (χ3v) is 3.38. The Hall–Kier alpha value is -2.45. The van der Waals surface area contributed by atoms with Gasteiger partial charge in [0.15, 0.2) is 0 Å². The van der Waals surface area contributed by atoms with Gasteiger partial charge in [0.1, 0.15) is 11.2 Å². The maximum Gasteiger partial charge on any atom is 0.135 e. The van der Waals surface area contributed by atoms with Gasteiger partial charge in [-0.05, 0) is 29.3 Å². The first-order valence-electron chi connectivity index (χ1n) is 6.10. The van der Waals surface area contributed by atoms with Crippen molar-refractivity contribution in [2.24, 2.45) is 5.11 Å². The van der Waals surface area contributed by atoms with E-state index in [0.29, 0.717) is 0 Å². The Morgan fingerprint density at radius 2 is 1.79 bits per heavy atom. The van der Waals surface area contributed by atoms with Crippen LogP contribution in [0.25, 0.3) is 32.4 Å². The van der Waals surface area contributed by atoms with Crippen LogP contribution >= 0.6 is 0 Å². The van der Waals surface area contributed by atoms with Gasteiger partial charge in [-0.25, -0.2) is 0 Å². The van der Waals surface area contributed by atoms with Crippen LogP contribution < -0.4 is 0 Å². The van der Waals surface area contributed by atoms with E-state index in [1.807, 2.05) is 56.3 Å². The summed E-state index contributed by atoms with van der Waals surface area (Å²) in [6.45, 7) is 3.80. The van der Waals surface area contributed by atoms with E-state index in [-0.39, 0.29) is 0 Å². The number of para-hydroxylation sites is 1. The van der Waals surface area contributed by atoms with Crippen molar-refractivity contribution in [1.82, 2.24) is 0 Å². The Morgan fingerprint density at radius 1 is 1.05 bits per heavy atom. The van der Waals surface area contributed by atoms with Crippen molar-refractivity contribution in [2.45, 2.75) is 19.4 Å². The third kappa shape index (κ3) is 1.83. The van der Waals surface area contributed by atoms with Gasteiger partial charge in [0, 0.05) is 15.7 Å². The lowest BCUT2D eigenvalue weighted by Crippen LogP contribution is -2.12. The van der Waals surface area contributed by atoms with E-state index < -0.39 is 5.54 Å². The van der Waals surface area contributed by atoms with Crippen molar-refractivity contribution in [3.8, 4) is 0 Å². The zero-order valence-corrected chi connectivity index (χ0v) is 10.8. The van der Waals surface area contributed by atoms with Crippen LogP contribution in [0.15, 0.2) is 52.0 Å². The Morgan fingerprint density at radius 3 is 2.58 bits per heavy atom. The van der Waals surface area contributed by atoms with Crippen molar-refractivity contribution in [3.63, 3.8) is 0 Å². The lowest BCUT2D eigenvalue weighted by Gasteiger charge is -2.18. The number of benzene rings is 2. The van der Waals surface area contributed by atoms with E-state index >= 15 is 0 Å². The van der Waals surface area contributed by atoms with Gasteiger partial charge in [0.2, 0.25) is 0 Å². The molecule has 0 bridgehead atoms. The third-order valence-electron chi connectivity index (χ3n) is 3.38. The van der Waals surface area contributed by atoms with E-state index in [0.717, 1.165) is 27.5 Å². The highest BCUT2D eigenvalue weighted by molar-refractivity contribution is 6.05. The molecule has 0 unspecified atom stereocenters. The molecule has 0 saturated carbocycles. The van der Waals surface area contributed by atoms with Gasteiger partial charge in [-0.3, -0.25) is 0 Å². The summed E-state index contributed by atoms with van der Waals surface area (Å²) in [5.74, 6) is 0. The molecule has 0 spiro atoms. The molecular formula is C15H13N3O. The SMILES string of the molecule is CC(C)(N=[N+]=[N-])c1ccc2oc3ccccc3c2c1. The molecular weight excluding hydrogens is 238 g/mol. The Balaban J connectivity index is 2.30. The summed E-state index contributed by atoms with van der Waals surface area (Å²) >= 11 is 0.